The third-order valence-corrected chi connectivity index (χ3v) is 4.65. The van der Waals surface area contributed by atoms with Crippen LogP contribution in [0.5, 0.6) is 0 Å². The van der Waals surface area contributed by atoms with Crippen LogP contribution in [-0.4, -0.2) is 36.8 Å². The van der Waals surface area contributed by atoms with Crippen molar-refractivity contribution in [2.75, 3.05) is 25.7 Å². The smallest absolute Gasteiger partial charge is 0.322 e. The highest BCUT2D eigenvalue weighted by molar-refractivity contribution is 5.97. The highest BCUT2D eigenvalue weighted by Crippen LogP contribution is 2.32. The standard InChI is InChI=1S/C19H20N4O.C2H6O/c1-12(2)13-3-5-14(6-4-13)18-10-20-19(24)23(18)15-7-8-16-17(9-15)22-11-21-16;1-3-2/h3-9,11-12,18H,10H2,1-2H3,(H,20,24)(H,21,22);1-2H3. The number of nitrogens with one attached hydrogen (secondary N) is 2. The Balaban J connectivity index is 0.000000659. The molecule has 1 aliphatic rings. The monoisotopic (exact) mass is 366 g/mol. The van der Waals surface area contributed by atoms with Gasteiger partial charge in [-0.15, -0.1) is 0 Å². The van der Waals surface area contributed by atoms with Gasteiger partial charge in [-0.3, -0.25) is 4.90 Å². The van der Waals surface area contributed by atoms with Gasteiger partial charge in [0.15, 0.2) is 0 Å². The molecule has 0 radical (unpaired) electrons. The molecule has 4 rings (SSSR count). The predicted molar refractivity (Wildman–Crippen MR) is 108 cm³/mol. The topological polar surface area (TPSA) is 70.2 Å². The van der Waals surface area contributed by atoms with Crippen molar-refractivity contribution < 1.29 is 9.53 Å². The molecule has 1 aliphatic heterocycles. The number of ether oxygens (including phenoxy) is 1. The summed E-state index contributed by atoms with van der Waals surface area (Å²) in [4.78, 5) is 21.6. The first-order chi connectivity index (χ1) is 13.0. The second-order valence-electron chi connectivity index (χ2n) is 6.91. The van der Waals surface area contributed by atoms with E-state index in [9.17, 15) is 4.79 Å². The van der Waals surface area contributed by atoms with Gasteiger partial charge in [-0.25, -0.2) is 9.78 Å². The van der Waals surface area contributed by atoms with Gasteiger partial charge in [-0.05, 0) is 35.2 Å². The first-order valence-electron chi connectivity index (χ1n) is 9.05. The Morgan fingerprint density at radius 1 is 1.15 bits per heavy atom. The first-order valence-corrected chi connectivity index (χ1v) is 9.05. The lowest BCUT2D eigenvalue weighted by Gasteiger charge is -2.24. The van der Waals surface area contributed by atoms with Crippen LogP contribution in [0.15, 0.2) is 48.8 Å². The number of hydrogen-bond donors (Lipinski definition) is 2. The van der Waals surface area contributed by atoms with E-state index in [0.29, 0.717) is 12.5 Å². The van der Waals surface area contributed by atoms with Crippen LogP contribution in [0.2, 0.25) is 0 Å². The Kier molecular flexibility index (Phi) is 5.76. The molecule has 27 heavy (non-hydrogen) atoms. The summed E-state index contributed by atoms with van der Waals surface area (Å²) in [7, 11) is 3.25. The van der Waals surface area contributed by atoms with Gasteiger partial charge >= 0.3 is 6.03 Å². The van der Waals surface area contributed by atoms with Crippen LogP contribution in [-0.2, 0) is 4.74 Å². The molecular weight excluding hydrogens is 340 g/mol. The number of rotatable bonds is 3. The van der Waals surface area contributed by atoms with Crippen LogP contribution in [0.25, 0.3) is 11.0 Å². The van der Waals surface area contributed by atoms with Gasteiger partial charge in [-0.1, -0.05) is 38.1 Å². The molecule has 6 nitrogen and oxygen atoms in total. The lowest BCUT2D eigenvalue weighted by molar-refractivity contribution is 0.251. The Labute approximate surface area is 159 Å². The molecule has 0 aliphatic carbocycles. The molecule has 1 fully saturated rings. The number of methoxy groups -OCH3 is 1. The Hall–Kier alpha value is -2.86. The summed E-state index contributed by atoms with van der Waals surface area (Å²) < 4.78 is 4.25. The number of nitrogens with zero attached hydrogens (tertiary/aromatic N) is 2. The lowest BCUT2D eigenvalue weighted by atomic mass is 9.98. The van der Waals surface area contributed by atoms with E-state index in [4.69, 9.17) is 0 Å². The first kappa shape index (κ1) is 18.9. The Morgan fingerprint density at radius 3 is 2.52 bits per heavy atom. The van der Waals surface area contributed by atoms with Crippen molar-refractivity contribution in [1.29, 1.82) is 0 Å². The normalized spacial score (nSPS) is 16.4. The number of aromatic amines is 1. The number of fused-ring (bicyclic) bond motifs is 1. The number of anilines is 1. The quantitative estimate of drug-likeness (QED) is 0.729. The summed E-state index contributed by atoms with van der Waals surface area (Å²) in [5, 5.41) is 2.96. The third kappa shape index (κ3) is 3.95. The van der Waals surface area contributed by atoms with Crippen molar-refractivity contribution in [2.45, 2.75) is 25.8 Å². The molecule has 0 spiro atoms. The van der Waals surface area contributed by atoms with Crippen LogP contribution in [0.4, 0.5) is 10.5 Å². The molecule has 0 bridgehead atoms. The van der Waals surface area contributed by atoms with Gasteiger partial charge in [0.25, 0.3) is 0 Å². The van der Waals surface area contributed by atoms with Crippen molar-refractivity contribution in [3.63, 3.8) is 0 Å². The highest BCUT2D eigenvalue weighted by Gasteiger charge is 2.33. The fourth-order valence-electron chi connectivity index (χ4n) is 3.24. The molecule has 1 atom stereocenters. The minimum Gasteiger partial charge on any atom is -0.388 e. The molecule has 2 amide bonds. The van der Waals surface area contributed by atoms with E-state index in [1.54, 1.807) is 20.5 Å². The van der Waals surface area contributed by atoms with Gasteiger partial charge in [0.05, 0.1) is 23.4 Å². The average Bonchev–Trinajstić information content (AvgIpc) is 3.28. The third-order valence-electron chi connectivity index (χ3n) is 4.65. The molecule has 6 heteroatoms. The fraction of sp³-hybridized carbons (Fsp3) is 0.333. The molecule has 1 aromatic heterocycles. The number of urea groups is 1. The number of H-pyrrole nitrogens is 1. The number of amides is 2. The minimum absolute atomic E-state index is 0.000848. The van der Waals surface area contributed by atoms with Crippen LogP contribution < -0.4 is 10.2 Å². The largest absolute Gasteiger partial charge is 0.388 e. The average molecular weight is 366 g/mol. The van der Waals surface area contributed by atoms with Crippen molar-refractivity contribution in [1.82, 2.24) is 15.3 Å². The second kappa shape index (κ2) is 8.22. The predicted octanol–water partition coefficient (Wildman–Crippen LogP) is 4.22. The summed E-state index contributed by atoms with van der Waals surface area (Å²) in [6, 6.07) is 14.4. The number of imidazole rings is 1. The van der Waals surface area contributed by atoms with Crippen LogP contribution in [0.3, 0.4) is 0 Å². The number of carbonyl (C=O) groups excluding carboxylic acids is 1. The maximum absolute atomic E-state index is 12.4. The summed E-state index contributed by atoms with van der Waals surface area (Å²) in [5.41, 5.74) is 5.15. The Morgan fingerprint density at radius 2 is 1.85 bits per heavy atom. The van der Waals surface area contributed by atoms with Gasteiger partial charge in [0.1, 0.15) is 0 Å². The summed E-state index contributed by atoms with van der Waals surface area (Å²) in [5.74, 6) is 0.501. The second-order valence-corrected chi connectivity index (χ2v) is 6.91. The molecular formula is C21H26N4O2. The zero-order valence-corrected chi connectivity index (χ0v) is 16.2. The zero-order chi connectivity index (χ0) is 19.4. The maximum atomic E-state index is 12.4. The Bertz CT molecular complexity index is 902. The van der Waals surface area contributed by atoms with Crippen LogP contribution >= 0.6 is 0 Å². The molecule has 2 N–H and O–H groups in total. The summed E-state index contributed by atoms with van der Waals surface area (Å²) in [6.45, 7) is 4.98. The van der Waals surface area contributed by atoms with Crippen LogP contribution in [0.1, 0.15) is 36.9 Å². The van der Waals surface area contributed by atoms with Gasteiger partial charge in [0.2, 0.25) is 0 Å². The van der Waals surface area contributed by atoms with Gasteiger partial charge in [0, 0.05) is 26.5 Å². The van der Waals surface area contributed by atoms with E-state index in [2.05, 4.69) is 58.1 Å². The fourth-order valence-corrected chi connectivity index (χ4v) is 3.24. The van der Waals surface area contributed by atoms with Crippen molar-refractivity contribution in [2.24, 2.45) is 0 Å². The molecule has 2 aromatic carbocycles. The van der Waals surface area contributed by atoms with E-state index >= 15 is 0 Å². The van der Waals surface area contributed by atoms with E-state index in [1.807, 2.05) is 23.1 Å². The van der Waals surface area contributed by atoms with E-state index in [-0.39, 0.29) is 12.1 Å². The van der Waals surface area contributed by atoms with E-state index in [0.717, 1.165) is 22.3 Å². The molecule has 1 unspecified atom stereocenters. The number of hydrogen-bond acceptors (Lipinski definition) is 3. The molecule has 1 saturated heterocycles. The highest BCUT2D eigenvalue weighted by atomic mass is 16.4. The van der Waals surface area contributed by atoms with E-state index in [1.165, 1.54) is 5.56 Å². The van der Waals surface area contributed by atoms with E-state index < -0.39 is 0 Å². The molecule has 142 valence electrons. The molecule has 3 aromatic rings. The SMILES string of the molecule is CC(C)c1ccc(C2CNC(=O)N2c2ccc3nc[nH]c3c2)cc1.COC. The van der Waals surface area contributed by atoms with Crippen molar-refractivity contribution in [3.8, 4) is 0 Å². The zero-order valence-electron chi connectivity index (χ0n) is 16.2. The maximum Gasteiger partial charge on any atom is 0.322 e. The lowest BCUT2D eigenvalue weighted by Crippen LogP contribution is -2.29. The van der Waals surface area contributed by atoms with Crippen molar-refractivity contribution >= 4 is 22.8 Å². The van der Waals surface area contributed by atoms with Gasteiger partial charge < -0.3 is 15.0 Å². The van der Waals surface area contributed by atoms with Crippen LogP contribution in [0, 0.1) is 0 Å². The van der Waals surface area contributed by atoms with Gasteiger partial charge in [-0.2, -0.15) is 0 Å². The minimum atomic E-state index is -0.0631. The summed E-state index contributed by atoms with van der Waals surface area (Å²) in [6.07, 6.45) is 1.67. The number of carbonyl (C=O) groups is 1. The molecule has 2 heterocycles. The number of benzene rings is 2. The van der Waals surface area contributed by atoms with Crippen molar-refractivity contribution in [3.05, 3.63) is 59.9 Å². The molecule has 0 saturated carbocycles. The number of aromatic nitrogens is 2. The summed E-state index contributed by atoms with van der Waals surface area (Å²) >= 11 is 0.